The third-order valence-electron chi connectivity index (χ3n) is 3.45. The lowest BCUT2D eigenvalue weighted by Crippen LogP contribution is -2.26. The summed E-state index contributed by atoms with van der Waals surface area (Å²) >= 11 is 0. The molecule has 5 nitrogen and oxygen atoms in total. The number of rotatable bonds is 8. The molecule has 0 aliphatic rings. The molecule has 0 saturated heterocycles. The number of carbonyl (C=O) groups is 2. The summed E-state index contributed by atoms with van der Waals surface area (Å²) in [4.78, 5) is 25.7. The van der Waals surface area contributed by atoms with Gasteiger partial charge in [-0.05, 0) is 43.3 Å². The van der Waals surface area contributed by atoms with E-state index >= 15 is 0 Å². The van der Waals surface area contributed by atoms with Crippen LogP contribution in [0.25, 0.3) is 0 Å². The summed E-state index contributed by atoms with van der Waals surface area (Å²) in [6.07, 6.45) is 1.95. The second-order valence-electron chi connectivity index (χ2n) is 5.21. The van der Waals surface area contributed by atoms with E-state index in [9.17, 15) is 9.59 Å². The largest absolute Gasteiger partial charge is 0.494 e. The van der Waals surface area contributed by atoms with E-state index in [1.54, 1.807) is 48.5 Å². The number of nitrogens with zero attached hydrogens (tertiary/aromatic N) is 1. The van der Waals surface area contributed by atoms with Crippen molar-refractivity contribution in [2.75, 3.05) is 13.7 Å². The molecule has 0 bridgehead atoms. The lowest BCUT2D eigenvalue weighted by Gasteiger charge is -2.15. The molecule has 0 saturated carbocycles. The summed E-state index contributed by atoms with van der Waals surface area (Å²) in [6, 6.07) is 10.6. The van der Waals surface area contributed by atoms with Crippen LogP contribution in [0.4, 0.5) is 0 Å². The third kappa shape index (κ3) is 4.98. The lowest BCUT2D eigenvalue weighted by atomic mass is 10.1. The van der Waals surface area contributed by atoms with Crippen molar-refractivity contribution in [2.45, 2.75) is 26.3 Å². The first kappa shape index (κ1) is 16.8. The quantitative estimate of drug-likeness (QED) is 0.701. The molecule has 1 heterocycles. The Balaban J connectivity index is 1.82. The van der Waals surface area contributed by atoms with Crippen molar-refractivity contribution in [1.29, 1.82) is 0 Å². The smallest absolute Gasteiger partial charge is 0.223 e. The van der Waals surface area contributed by atoms with Crippen LogP contribution in [-0.4, -0.2) is 30.2 Å². The van der Waals surface area contributed by atoms with Crippen LogP contribution >= 0.6 is 0 Å². The number of hydrogen-bond acceptors (Lipinski definition) is 4. The summed E-state index contributed by atoms with van der Waals surface area (Å²) in [7, 11) is 1.70. The third-order valence-corrected chi connectivity index (χ3v) is 3.45. The van der Waals surface area contributed by atoms with Gasteiger partial charge in [0.05, 0.1) is 19.4 Å². The van der Waals surface area contributed by atoms with E-state index in [0.29, 0.717) is 18.7 Å². The molecule has 0 spiro atoms. The fourth-order valence-corrected chi connectivity index (χ4v) is 2.18. The van der Waals surface area contributed by atoms with Crippen molar-refractivity contribution in [3.8, 4) is 5.75 Å². The number of amides is 1. The first-order valence-corrected chi connectivity index (χ1v) is 7.62. The van der Waals surface area contributed by atoms with E-state index in [1.807, 2.05) is 13.0 Å². The summed E-state index contributed by atoms with van der Waals surface area (Å²) in [5, 5.41) is 0. The Bertz CT molecular complexity index is 632. The monoisotopic (exact) mass is 315 g/mol. The summed E-state index contributed by atoms with van der Waals surface area (Å²) in [5.41, 5.74) is 0.593. The molecule has 1 amide bonds. The van der Waals surface area contributed by atoms with Crippen LogP contribution in [-0.2, 0) is 11.3 Å². The maximum absolute atomic E-state index is 12.1. The molecule has 5 heteroatoms. The van der Waals surface area contributed by atoms with Gasteiger partial charge in [-0.25, -0.2) is 0 Å². The zero-order chi connectivity index (χ0) is 16.7. The molecule has 0 N–H and O–H groups in total. The highest BCUT2D eigenvalue weighted by atomic mass is 16.5. The molecule has 0 aliphatic carbocycles. The molecule has 0 radical (unpaired) electrons. The van der Waals surface area contributed by atoms with Crippen molar-refractivity contribution in [1.82, 2.24) is 4.90 Å². The zero-order valence-electron chi connectivity index (χ0n) is 13.5. The Kier molecular flexibility index (Phi) is 5.97. The lowest BCUT2D eigenvalue weighted by molar-refractivity contribution is -0.130. The maximum Gasteiger partial charge on any atom is 0.223 e. The highest BCUT2D eigenvalue weighted by Gasteiger charge is 2.14. The first-order chi connectivity index (χ1) is 11.1. The predicted octanol–water partition coefficient (Wildman–Crippen LogP) is 3.30. The Morgan fingerprint density at radius 2 is 1.87 bits per heavy atom. The molecule has 2 aromatic rings. The average Bonchev–Trinajstić information content (AvgIpc) is 3.06. The van der Waals surface area contributed by atoms with E-state index in [0.717, 1.165) is 11.5 Å². The number of ketones is 1. The van der Waals surface area contributed by atoms with Crippen molar-refractivity contribution in [3.63, 3.8) is 0 Å². The van der Waals surface area contributed by atoms with Gasteiger partial charge in [0, 0.05) is 25.5 Å². The highest BCUT2D eigenvalue weighted by molar-refractivity contribution is 5.98. The van der Waals surface area contributed by atoms with Gasteiger partial charge in [-0.3, -0.25) is 9.59 Å². The Labute approximate surface area is 135 Å². The topological polar surface area (TPSA) is 59.8 Å². The highest BCUT2D eigenvalue weighted by Crippen LogP contribution is 2.14. The predicted molar refractivity (Wildman–Crippen MR) is 86.4 cm³/mol. The van der Waals surface area contributed by atoms with Crippen molar-refractivity contribution in [3.05, 3.63) is 54.0 Å². The Morgan fingerprint density at radius 1 is 1.13 bits per heavy atom. The number of furan rings is 1. The number of Topliss-reactive ketones (excluding diaryl/α,β-unsaturated/α-hetero) is 1. The summed E-state index contributed by atoms with van der Waals surface area (Å²) in [6.45, 7) is 2.90. The van der Waals surface area contributed by atoms with Gasteiger partial charge >= 0.3 is 0 Å². The van der Waals surface area contributed by atoms with E-state index in [4.69, 9.17) is 9.15 Å². The van der Waals surface area contributed by atoms with Gasteiger partial charge in [0.2, 0.25) is 5.91 Å². The molecule has 0 unspecified atom stereocenters. The molecule has 2 rings (SSSR count). The van der Waals surface area contributed by atoms with Crippen LogP contribution in [0.2, 0.25) is 0 Å². The second-order valence-corrected chi connectivity index (χ2v) is 5.21. The van der Waals surface area contributed by atoms with Gasteiger partial charge in [0.15, 0.2) is 5.78 Å². The normalized spacial score (nSPS) is 10.3. The number of hydrogen-bond donors (Lipinski definition) is 0. The number of benzene rings is 1. The fourth-order valence-electron chi connectivity index (χ4n) is 2.18. The van der Waals surface area contributed by atoms with E-state index in [1.165, 1.54) is 0 Å². The van der Waals surface area contributed by atoms with Gasteiger partial charge in [0.25, 0.3) is 0 Å². The van der Waals surface area contributed by atoms with Crippen LogP contribution in [0.5, 0.6) is 5.75 Å². The second kappa shape index (κ2) is 8.17. The molecule has 23 heavy (non-hydrogen) atoms. The van der Waals surface area contributed by atoms with Crippen LogP contribution in [0.3, 0.4) is 0 Å². The van der Waals surface area contributed by atoms with Gasteiger partial charge in [-0.2, -0.15) is 0 Å². The fraction of sp³-hybridized carbons (Fsp3) is 0.333. The Morgan fingerprint density at radius 3 is 2.48 bits per heavy atom. The molecule has 1 aromatic heterocycles. The van der Waals surface area contributed by atoms with Crippen LogP contribution in [0.15, 0.2) is 47.1 Å². The van der Waals surface area contributed by atoms with Crippen LogP contribution in [0.1, 0.15) is 35.9 Å². The van der Waals surface area contributed by atoms with E-state index < -0.39 is 0 Å². The molecule has 1 aromatic carbocycles. The molecular formula is C18H21NO4. The van der Waals surface area contributed by atoms with Gasteiger partial charge in [-0.15, -0.1) is 0 Å². The Hall–Kier alpha value is -2.56. The molecule has 122 valence electrons. The van der Waals surface area contributed by atoms with Crippen LogP contribution in [0, 0.1) is 0 Å². The van der Waals surface area contributed by atoms with Gasteiger partial charge < -0.3 is 14.1 Å². The summed E-state index contributed by atoms with van der Waals surface area (Å²) in [5.74, 6) is 1.32. The van der Waals surface area contributed by atoms with Gasteiger partial charge in [-0.1, -0.05) is 0 Å². The standard InChI is InChI=1S/C18H21NO4/c1-3-22-15-8-6-14(7-9-15)17(20)10-11-18(21)19(2)13-16-5-4-12-23-16/h4-9,12H,3,10-11,13H2,1-2H3. The molecule has 0 aliphatic heterocycles. The van der Waals surface area contributed by atoms with Crippen molar-refractivity contribution in [2.24, 2.45) is 0 Å². The molecular weight excluding hydrogens is 294 g/mol. The number of carbonyl (C=O) groups excluding carboxylic acids is 2. The average molecular weight is 315 g/mol. The minimum Gasteiger partial charge on any atom is -0.494 e. The van der Waals surface area contributed by atoms with E-state index in [-0.39, 0.29) is 24.5 Å². The minimum atomic E-state index is -0.0827. The maximum atomic E-state index is 12.1. The molecule has 0 atom stereocenters. The SMILES string of the molecule is CCOc1ccc(C(=O)CCC(=O)N(C)Cc2ccco2)cc1. The van der Waals surface area contributed by atoms with Crippen molar-refractivity contribution >= 4 is 11.7 Å². The van der Waals surface area contributed by atoms with E-state index in [2.05, 4.69) is 0 Å². The minimum absolute atomic E-state index is 0.0483. The first-order valence-electron chi connectivity index (χ1n) is 7.62. The summed E-state index contributed by atoms with van der Waals surface area (Å²) < 4.78 is 10.5. The number of ether oxygens (including phenoxy) is 1. The zero-order valence-corrected chi connectivity index (χ0v) is 13.5. The van der Waals surface area contributed by atoms with Crippen molar-refractivity contribution < 1.29 is 18.7 Å². The van der Waals surface area contributed by atoms with Gasteiger partial charge in [0.1, 0.15) is 11.5 Å². The van der Waals surface area contributed by atoms with Crippen LogP contribution < -0.4 is 4.74 Å². The molecule has 0 fully saturated rings.